The molecule has 3 nitrogen and oxygen atoms in total. The molecule has 0 saturated heterocycles. The fraction of sp³-hybridized carbons (Fsp3) is 0.375. The van der Waals surface area contributed by atoms with Crippen LogP contribution in [0.1, 0.15) is 17.3 Å². The highest BCUT2D eigenvalue weighted by Crippen LogP contribution is 2.14. The normalized spacial score (nSPS) is 12.8. The summed E-state index contributed by atoms with van der Waals surface area (Å²) in [6.07, 6.45) is 2.08. The number of hydrogen-bond donors (Lipinski definition) is 1. The van der Waals surface area contributed by atoms with E-state index in [1.807, 2.05) is 0 Å². The van der Waals surface area contributed by atoms with Crippen LogP contribution < -0.4 is 5.32 Å². The summed E-state index contributed by atoms with van der Waals surface area (Å²) in [6, 6.07) is 15.2. The summed E-state index contributed by atoms with van der Waals surface area (Å²) in [4.78, 5) is 2.22. The standard InChI is InChI=1S/C16H23N3/c1-18(2)13-16(14-8-5-4-6-9-14)17-12-15-10-7-11-19(15)3/h4-11,16-17H,12-13H2,1-3H3. The Balaban J connectivity index is 2.04. The predicted molar refractivity (Wildman–Crippen MR) is 80.0 cm³/mol. The van der Waals surface area contributed by atoms with Crippen molar-refractivity contribution in [3.05, 3.63) is 59.9 Å². The number of nitrogens with one attached hydrogen (secondary N) is 1. The van der Waals surface area contributed by atoms with Gasteiger partial charge in [-0.3, -0.25) is 0 Å². The Morgan fingerprint density at radius 2 is 1.84 bits per heavy atom. The van der Waals surface area contributed by atoms with Gasteiger partial charge in [-0.2, -0.15) is 0 Å². The van der Waals surface area contributed by atoms with Crippen LogP contribution in [0.2, 0.25) is 0 Å². The molecule has 0 aliphatic rings. The molecule has 0 radical (unpaired) electrons. The lowest BCUT2D eigenvalue weighted by molar-refractivity contribution is 0.339. The molecule has 0 aliphatic heterocycles. The molecule has 1 aromatic heterocycles. The molecular formula is C16H23N3. The molecule has 1 heterocycles. The van der Waals surface area contributed by atoms with Gasteiger partial charge in [-0.15, -0.1) is 0 Å². The molecule has 102 valence electrons. The van der Waals surface area contributed by atoms with Gasteiger partial charge in [0.05, 0.1) is 0 Å². The van der Waals surface area contributed by atoms with Crippen LogP contribution in [0.3, 0.4) is 0 Å². The van der Waals surface area contributed by atoms with E-state index in [-0.39, 0.29) is 0 Å². The number of aryl methyl sites for hydroxylation is 1. The van der Waals surface area contributed by atoms with E-state index in [1.165, 1.54) is 11.3 Å². The highest BCUT2D eigenvalue weighted by atomic mass is 15.1. The number of likely N-dealkylation sites (N-methyl/N-ethyl adjacent to an activating group) is 1. The molecule has 0 saturated carbocycles. The Kier molecular flexibility index (Phi) is 4.77. The Morgan fingerprint density at radius 1 is 1.11 bits per heavy atom. The van der Waals surface area contributed by atoms with Crippen LogP contribution in [0.15, 0.2) is 48.7 Å². The third-order valence-corrected chi connectivity index (χ3v) is 3.33. The molecular weight excluding hydrogens is 234 g/mol. The number of aromatic nitrogens is 1. The summed E-state index contributed by atoms with van der Waals surface area (Å²) in [6.45, 7) is 1.88. The van der Waals surface area contributed by atoms with E-state index in [9.17, 15) is 0 Å². The van der Waals surface area contributed by atoms with Crippen molar-refractivity contribution in [2.75, 3.05) is 20.6 Å². The smallest absolute Gasteiger partial charge is 0.0452 e. The van der Waals surface area contributed by atoms with Crippen LogP contribution in [0.5, 0.6) is 0 Å². The van der Waals surface area contributed by atoms with Crippen LogP contribution in [0.25, 0.3) is 0 Å². The first-order valence-corrected chi connectivity index (χ1v) is 6.70. The van der Waals surface area contributed by atoms with Crippen LogP contribution in [0, 0.1) is 0 Å². The fourth-order valence-corrected chi connectivity index (χ4v) is 2.25. The first kappa shape index (κ1) is 13.8. The van der Waals surface area contributed by atoms with Crippen molar-refractivity contribution in [1.82, 2.24) is 14.8 Å². The minimum Gasteiger partial charge on any atom is -0.353 e. The summed E-state index contributed by atoms with van der Waals surface area (Å²) in [5.74, 6) is 0. The maximum atomic E-state index is 3.65. The molecule has 2 aromatic rings. The lowest BCUT2D eigenvalue weighted by Crippen LogP contribution is -2.31. The third kappa shape index (κ3) is 3.94. The van der Waals surface area contributed by atoms with Gasteiger partial charge < -0.3 is 14.8 Å². The van der Waals surface area contributed by atoms with Crippen molar-refractivity contribution in [1.29, 1.82) is 0 Å². The van der Waals surface area contributed by atoms with E-state index in [1.54, 1.807) is 0 Å². The molecule has 1 unspecified atom stereocenters. The van der Waals surface area contributed by atoms with E-state index in [0.29, 0.717) is 6.04 Å². The van der Waals surface area contributed by atoms with Crippen molar-refractivity contribution in [3.63, 3.8) is 0 Å². The van der Waals surface area contributed by atoms with Gasteiger partial charge in [0.1, 0.15) is 0 Å². The summed E-state index contributed by atoms with van der Waals surface area (Å²) < 4.78 is 2.16. The SMILES string of the molecule is CN(C)CC(NCc1cccn1C)c1ccccc1. The van der Waals surface area contributed by atoms with E-state index >= 15 is 0 Å². The Hall–Kier alpha value is -1.58. The van der Waals surface area contributed by atoms with Gasteiger partial charge in [-0.05, 0) is 31.8 Å². The second-order valence-corrected chi connectivity index (χ2v) is 5.22. The van der Waals surface area contributed by atoms with Crippen molar-refractivity contribution in [2.24, 2.45) is 7.05 Å². The number of rotatable bonds is 6. The highest BCUT2D eigenvalue weighted by Gasteiger charge is 2.12. The van der Waals surface area contributed by atoms with Gasteiger partial charge in [0.25, 0.3) is 0 Å². The zero-order chi connectivity index (χ0) is 13.7. The van der Waals surface area contributed by atoms with Gasteiger partial charge in [0.2, 0.25) is 0 Å². The van der Waals surface area contributed by atoms with Gasteiger partial charge in [-0.1, -0.05) is 30.3 Å². The molecule has 0 amide bonds. The largest absolute Gasteiger partial charge is 0.353 e. The molecule has 0 aliphatic carbocycles. The molecule has 0 spiro atoms. The lowest BCUT2D eigenvalue weighted by atomic mass is 10.1. The van der Waals surface area contributed by atoms with Crippen LogP contribution in [-0.2, 0) is 13.6 Å². The maximum Gasteiger partial charge on any atom is 0.0452 e. The second-order valence-electron chi connectivity index (χ2n) is 5.22. The third-order valence-electron chi connectivity index (χ3n) is 3.33. The van der Waals surface area contributed by atoms with Gasteiger partial charge in [-0.25, -0.2) is 0 Å². The van der Waals surface area contributed by atoms with Gasteiger partial charge >= 0.3 is 0 Å². The number of hydrogen-bond acceptors (Lipinski definition) is 2. The molecule has 0 bridgehead atoms. The topological polar surface area (TPSA) is 20.2 Å². The first-order valence-electron chi connectivity index (χ1n) is 6.70. The second kappa shape index (κ2) is 6.55. The Bertz CT molecular complexity index is 488. The van der Waals surface area contributed by atoms with Crippen molar-refractivity contribution < 1.29 is 0 Å². The molecule has 1 aromatic carbocycles. The zero-order valence-corrected chi connectivity index (χ0v) is 12.0. The zero-order valence-electron chi connectivity index (χ0n) is 12.0. The average Bonchev–Trinajstić information content (AvgIpc) is 2.81. The maximum absolute atomic E-state index is 3.65. The van der Waals surface area contributed by atoms with Crippen molar-refractivity contribution >= 4 is 0 Å². The molecule has 1 N–H and O–H groups in total. The van der Waals surface area contributed by atoms with E-state index < -0.39 is 0 Å². The summed E-state index contributed by atoms with van der Waals surface area (Å²) >= 11 is 0. The molecule has 1 atom stereocenters. The van der Waals surface area contributed by atoms with E-state index in [0.717, 1.165) is 13.1 Å². The number of nitrogens with zero attached hydrogens (tertiary/aromatic N) is 2. The highest BCUT2D eigenvalue weighted by molar-refractivity contribution is 5.19. The Labute approximate surface area is 115 Å². The van der Waals surface area contributed by atoms with Crippen LogP contribution >= 0.6 is 0 Å². The van der Waals surface area contributed by atoms with Gasteiger partial charge in [0, 0.05) is 38.1 Å². The number of benzene rings is 1. The predicted octanol–water partition coefficient (Wildman–Crippen LogP) is 2.42. The quantitative estimate of drug-likeness (QED) is 0.857. The summed E-state index contributed by atoms with van der Waals surface area (Å²) in [7, 11) is 6.31. The molecule has 19 heavy (non-hydrogen) atoms. The van der Waals surface area contributed by atoms with E-state index in [4.69, 9.17) is 0 Å². The summed E-state index contributed by atoms with van der Waals surface area (Å²) in [5.41, 5.74) is 2.64. The van der Waals surface area contributed by atoms with Crippen LogP contribution in [0.4, 0.5) is 0 Å². The minimum atomic E-state index is 0.353. The average molecular weight is 257 g/mol. The van der Waals surface area contributed by atoms with Gasteiger partial charge in [0.15, 0.2) is 0 Å². The molecule has 2 rings (SSSR count). The van der Waals surface area contributed by atoms with E-state index in [2.05, 4.69) is 84.6 Å². The molecule has 3 heteroatoms. The summed E-state index contributed by atoms with van der Waals surface area (Å²) in [5, 5.41) is 3.65. The first-order chi connectivity index (χ1) is 9.16. The fourth-order valence-electron chi connectivity index (χ4n) is 2.25. The van der Waals surface area contributed by atoms with Crippen LogP contribution in [-0.4, -0.2) is 30.1 Å². The lowest BCUT2D eigenvalue weighted by Gasteiger charge is -2.23. The Morgan fingerprint density at radius 3 is 2.42 bits per heavy atom. The minimum absolute atomic E-state index is 0.353. The van der Waals surface area contributed by atoms with Crippen molar-refractivity contribution in [3.8, 4) is 0 Å². The monoisotopic (exact) mass is 257 g/mol. The molecule has 0 fully saturated rings. The van der Waals surface area contributed by atoms with Crippen molar-refractivity contribution in [2.45, 2.75) is 12.6 Å².